The molecule has 1 N–H and O–H groups in total. The molecule has 0 unspecified atom stereocenters. The van der Waals surface area contributed by atoms with Crippen molar-refractivity contribution in [3.8, 4) is 23.0 Å². The van der Waals surface area contributed by atoms with Crippen LogP contribution >= 0.6 is 11.6 Å². The molecule has 36 heavy (non-hydrogen) atoms. The van der Waals surface area contributed by atoms with Gasteiger partial charge < -0.3 is 24.4 Å². The number of hydrogen-bond donors (Lipinski definition) is 1. The minimum absolute atomic E-state index is 0.130. The summed E-state index contributed by atoms with van der Waals surface area (Å²) >= 11 is 6.22. The van der Waals surface area contributed by atoms with Crippen LogP contribution in [0.25, 0.3) is 0 Å². The van der Waals surface area contributed by atoms with Crippen molar-refractivity contribution >= 4 is 29.1 Å². The second-order valence-electron chi connectivity index (χ2n) is 8.53. The maximum Gasteiger partial charge on any atom is 0.258 e. The molecule has 3 aromatic carbocycles. The number of hydrogen-bond acceptors (Lipinski definition) is 5. The summed E-state index contributed by atoms with van der Waals surface area (Å²) in [4.78, 5) is 28.2. The normalized spacial score (nSPS) is 14.6. The molecule has 2 amide bonds. The van der Waals surface area contributed by atoms with Gasteiger partial charge in [0, 0.05) is 11.6 Å². The summed E-state index contributed by atoms with van der Waals surface area (Å²) in [6.45, 7) is 2.67. The summed E-state index contributed by atoms with van der Waals surface area (Å²) in [7, 11) is 1.54. The van der Waals surface area contributed by atoms with Crippen molar-refractivity contribution in [3.63, 3.8) is 0 Å². The maximum absolute atomic E-state index is 13.5. The van der Waals surface area contributed by atoms with Gasteiger partial charge in [-0.15, -0.1) is 0 Å². The SMILES string of the molecule is COc1c(C)cccc1C(=O)N1CCCCCOc2ccccc2Oc2ccc(Cl)cc2NC(=O)C1. The predicted octanol–water partition coefficient (Wildman–Crippen LogP) is 6.09. The van der Waals surface area contributed by atoms with E-state index in [2.05, 4.69) is 5.32 Å². The first-order valence-electron chi connectivity index (χ1n) is 11.9. The van der Waals surface area contributed by atoms with Crippen molar-refractivity contribution in [2.45, 2.75) is 26.2 Å². The number of carbonyl (C=O) groups excluding carboxylic acids is 2. The van der Waals surface area contributed by atoms with Crippen LogP contribution in [0.3, 0.4) is 0 Å². The fourth-order valence-corrected chi connectivity index (χ4v) is 4.27. The molecular weight excluding hydrogens is 480 g/mol. The number of ether oxygens (including phenoxy) is 3. The number of aryl methyl sites for hydroxylation is 1. The molecule has 0 aliphatic carbocycles. The topological polar surface area (TPSA) is 77.1 Å². The van der Waals surface area contributed by atoms with E-state index in [0.29, 0.717) is 52.4 Å². The van der Waals surface area contributed by atoms with Crippen LogP contribution in [0.5, 0.6) is 23.0 Å². The molecule has 1 aliphatic heterocycles. The van der Waals surface area contributed by atoms with Gasteiger partial charge in [-0.25, -0.2) is 0 Å². The van der Waals surface area contributed by atoms with Crippen LogP contribution in [0.1, 0.15) is 35.2 Å². The van der Waals surface area contributed by atoms with E-state index in [9.17, 15) is 9.59 Å². The minimum atomic E-state index is -0.360. The monoisotopic (exact) mass is 508 g/mol. The van der Waals surface area contributed by atoms with Gasteiger partial charge in [-0.05, 0) is 68.1 Å². The number of amides is 2. The lowest BCUT2D eigenvalue weighted by atomic mass is 10.1. The lowest BCUT2D eigenvalue weighted by Crippen LogP contribution is -2.39. The van der Waals surface area contributed by atoms with Gasteiger partial charge in [-0.2, -0.15) is 0 Å². The lowest BCUT2D eigenvalue weighted by molar-refractivity contribution is -0.116. The Balaban J connectivity index is 1.64. The van der Waals surface area contributed by atoms with Gasteiger partial charge in [0.1, 0.15) is 12.3 Å². The van der Waals surface area contributed by atoms with Crippen LogP contribution < -0.4 is 19.5 Å². The van der Waals surface area contributed by atoms with E-state index >= 15 is 0 Å². The number of methoxy groups -OCH3 is 1. The molecule has 1 heterocycles. The van der Waals surface area contributed by atoms with E-state index in [1.165, 1.54) is 7.11 Å². The number of nitrogens with zero attached hydrogens (tertiary/aromatic N) is 1. The summed E-state index contributed by atoms with van der Waals surface area (Å²) < 4.78 is 17.6. The molecule has 1 aliphatic rings. The lowest BCUT2D eigenvalue weighted by Gasteiger charge is -2.24. The number of benzene rings is 3. The Kier molecular flexibility index (Phi) is 8.33. The summed E-state index contributed by atoms with van der Waals surface area (Å²) in [5, 5.41) is 3.31. The predicted molar refractivity (Wildman–Crippen MR) is 140 cm³/mol. The highest BCUT2D eigenvalue weighted by atomic mass is 35.5. The Morgan fingerprint density at radius 2 is 1.81 bits per heavy atom. The molecule has 0 fully saturated rings. The smallest absolute Gasteiger partial charge is 0.258 e. The van der Waals surface area contributed by atoms with Crippen molar-refractivity contribution < 1.29 is 23.8 Å². The number of carbonyl (C=O) groups is 2. The van der Waals surface area contributed by atoms with Gasteiger partial charge in [0.15, 0.2) is 17.2 Å². The molecule has 0 bridgehead atoms. The average Bonchev–Trinajstić information content (AvgIpc) is 2.87. The van der Waals surface area contributed by atoms with E-state index in [1.807, 2.05) is 43.3 Å². The summed E-state index contributed by atoms with van der Waals surface area (Å²) in [6.07, 6.45) is 2.34. The zero-order valence-corrected chi connectivity index (χ0v) is 21.1. The largest absolute Gasteiger partial charge is 0.496 e. The van der Waals surface area contributed by atoms with E-state index < -0.39 is 0 Å². The molecule has 0 radical (unpaired) electrons. The molecule has 7 nitrogen and oxygen atoms in total. The van der Waals surface area contributed by atoms with Crippen LogP contribution in [-0.4, -0.2) is 43.5 Å². The fraction of sp³-hybridized carbons (Fsp3) is 0.286. The molecule has 188 valence electrons. The van der Waals surface area contributed by atoms with Gasteiger partial charge in [0.25, 0.3) is 5.91 Å². The highest BCUT2D eigenvalue weighted by molar-refractivity contribution is 6.31. The maximum atomic E-state index is 13.5. The number of anilines is 1. The second kappa shape index (κ2) is 11.8. The molecule has 0 spiro atoms. The van der Waals surface area contributed by atoms with Crippen LogP contribution in [0.15, 0.2) is 60.7 Å². The summed E-state index contributed by atoms with van der Waals surface area (Å²) in [5.74, 6) is 1.45. The van der Waals surface area contributed by atoms with Crippen molar-refractivity contribution in [2.24, 2.45) is 0 Å². The highest BCUT2D eigenvalue weighted by Crippen LogP contribution is 2.36. The van der Waals surface area contributed by atoms with Crippen LogP contribution in [0.4, 0.5) is 5.69 Å². The number of para-hydroxylation sites is 3. The second-order valence-corrected chi connectivity index (χ2v) is 8.97. The Labute approximate surface area is 215 Å². The van der Waals surface area contributed by atoms with Gasteiger partial charge in [0.2, 0.25) is 5.91 Å². The number of nitrogens with one attached hydrogen (secondary N) is 1. The van der Waals surface area contributed by atoms with Crippen LogP contribution in [0.2, 0.25) is 5.02 Å². The molecule has 0 saturated heterocycles. The fourth-order valence-electron chi connectivity index (χ4n) is 4.10. The standard InChI is InChI=1S/C28H29ClN2O5/c1-19-9-8-10-21(27(19)34-2)28(33)31-15-6-3-7-16-35-24-11-4-5-12-25(24)36-23-14-13-20(29)17-22(23)30-26(32)18-31/h4-5,8-14,17H,3,6-7,15-16,18H2,1-2H3,(H,30,32). The highest BCUT2D eigenvalue weighted by Gasteiger charge is 2.23. The van der Waals surface area contributed by atoms with E-state index in [-0.39, 0.29) is 18.4 Å². The Bertz CT molecular complexity index is 1250. The third-order valence-corrected chi connectivity index (χ3v) is 6.12. The molecule has 3 aromatic rings. The van der Waals surface area contributed by atoms with E-state index in [0.717, 1.165) is 24.8 Å². The first-order chi connectivity index (χ1) is 17.5. The molecule has 0 saturated carbocycles. The van der Waals surface area contributed by atoms with Gasteiger partial charge >= 0.3 is 0 Å². The van der Waals surface area contributed by atoms with Crippen LogP contribution in [0, 0.1) is 6.92 Å². The van der Waals surface area contributed by atoms with Crippen molar-refractivity contribution in [1.29, 1.82) is 0 Å². The molecule has 0 atom stereocenters. The Hall–Kier alpha value is -3.71. The third-order valence-electron chi connectivity index (χ3n) is 5.88. The van der Waals surface area contributed by atoms with E-state index in [1.54, 1.807) is 29.2 Å². The first-order valence-corrected chi connectivity index (χ1v) is 12.3. The number of rotatable bonds is 2. The third kappa shape index (κ3) is 6.10. The van der Waals surface area contributed by atoms with Crippen LogP contribution in [-0.2, 0) is 4.79 Å². The van der Waals surface area contributed by atoms with Crippen molar-refractivity contribution in [3.05, 3.63) is 76.8 Å². The Morgan fingerprint density at radius 1 is 1.00 bits per heavy atom. The van der Waals surface area contributed by atoms with Gasteiger partial charge in [0.05, 0.1) is 25.0 Å². The van der Waals surface area contributed by atoms with E-state index in [4.69, 9.17) is 25.8 Å². The minimum Gasteiger partial charge on any atom is -0.496 e. The van der Waals surface area contributed by atoms with Gasteiger partial charge in [-0.3, -0.25) is 9.59 Å². The molecule has 4 rings (SSSR count). The average molecular weight is 509 g/mol. The summed E-state index contributed by atoms with van der Waals surface area (Å²) in [5.41, 5.74) is 1.68. The zero-order chi connectivity index (χ0) is 25.5. The number of halogens is 1. The quantitative estimate of drug-likeness (QED) is 0.453. The molecular formula is C28H29ClN2O5. The zero-order valence-electron chi connectivity index (χ0n) is 20.4. The molecule has 8 heteroatoms. The first kappa shape index (κ1) is 25.4. The van der Waals surface area contributed by atoms with Crippen molar-refractivity contribution in [1.82, 2.24) is 4.90 Å². The molecule has 0 aromatic heterocycles. The Morgan fingerprint density at radius 3 is 2.61 bits per heavy atom. The van der Waals surface area contributed by atoms with Crippen molar-refractivity contribution in [2.75, 3.05) is 32.1 Å². The summed E-state index contributed by atoms with van der Waals surface area (Å²) in [6, 6.07) is 17.8. The van der Waals surface area contributed by atoms with Gasteiger partial charge in [-0.1, -0.05) is 35.9 Å². The number of fused-ring (bicyclic) bond motifs is 2.